The second-order valence-corrected chi connectivity index (χ2v) is 7.27. The number of hydrogen-bond acceptors (Lipinski definition) is 4. The molecule has 2 heterocycles. The molecular formula is C21H20NO3S+. The maximum Gasteiger partial charge on any atom is 0.336 e. The predicted molar refractivity (Wildman–Crippen MR) is 105 cm³/mol. The number of thioether (sulfide) groups is 1. The Morgan fingerprint density at radius 2 is 1.96 bits per heavy atom. The predicted octanol–water partition coefficient (Wildman–Crippen LogP) is 3.54. The van der Waals surface area contributed by atoms with Crippen molar-refractivity contribution < 1.29 is 14.2 Å². The Balaban J connectivity index is 1.47. The summed E-state index contributed by atoms with van der Waals surface area (Å²) < 4.78 is 10.7. The summed E-state index contributed by atoms with van der Waals surface area (Å²) in [6, 6.07) is 17.6. The lowest BCUT2D eigenvalue weighted by molar-refractivity contribution is -0.666. The number of hydrogen-bond donors (Lipinski definition) is 1. The third kappa shape index (κ3) is 3.69. The molecule has 0 aliphatic heterocycles. The quantitative estimate of drug-likeness (QED) is 0.309. The average molecular weight is 366 g/mol. The van der Waals surface area contributed by atoms with Crippen molar-refractivity contribution in [3.8, 4) is 0 Å². The van der Waals surface area contributed by atoms with Crippen molar-refractivity contribution >= 4 is 33.5 Å². The smallest absolute Gasteiger partial charge is 0.336 e. The van der Waals surface area contributed by atoms with Gasteiger partial charge in [-0.1, -0.05) is 30.3 Å². The van der Waals surface area contributed by atoms with E-state index in [0.717, 1.165) is 52.1 Å². The highest BCUT2D eigenvalue weighted by Crippen LogP contribution is 2.26. The molecule has 0 amide bonds. The molecule has 0 radical (unpaired) electrons. The van der Waals surface area contributed by atoms with Gasteiger partial charge in [-0.15, -0.1) is 11.8 Å². The van der Waals surface area contributed by atoms with Crippen molar-refractivity contribution in [3.63, 3.8) is 0 Å². The number of quaternary nitrogens is 1. The van der Waals surface area contributed by atoms with E-state index in [1.54, 1.807) is 12.3 Å². The van der Waals surface area contributed by atoms with E-state index in [1.807, 2.05) is 48.2 Å². The van der Waals surface area contributed by atoms with Crippen molar-refractivity contribution in [3.05, 3.63) is 82.6 Å². The van der Waals surface area contributed by atoms with Gasteiger partial charge in [-0.2, -0.15) is 0 Å². The van der Waals surface area contributed by atoms with Crippen LogP contribution in [0.3, 0.4) is 0 Å². The summed E-state index contributed by atoms with van der Waals surface area (Å²) in [6.07, 6.45) is 1.71. The summed E-state index contributed by atoms with van der Waals surface area (Å²) in [4.78, 5) is 11.9. The minimum atomic E-state index is -0.289. The highest BCUT2D eigenvalue weighted by Gasteiger charge is 2.10. The molecule has 2 aromatic carbocycles. The van der Waals surface area contributed by atoms with Crippen LogP contribution in [-0.4, -0.2) is 12.3 Å². The molecule has 0 unspecified atom stereocenters. The van der Waals surface area contributed by atoms with Crippen molar-refractivity contribution in [1.82, 2.24) is 0 Å². The van der Waals surface area contributed by atoms with Crippen LogP contribution in [0.25, 0.3) is 21.7 Å². The molecule has 132 valence electrons. The molecule has 0 aliphatic carbocycles. The highest BCUT2D eigenvalue weighted by molar-refractivity contribution is 7.98. The molecule has 2 aromatic heterocycles. The maximum atomic E-state index is 11.9. The van der Waals surface area contributed by atoms with E-state index in [1.165, 1.54) is 0 Å². The second kappa shape index (κ2) is 7.81. The van der Waals surface area contributed by atoms with Crippen LogP contribution in [0, 0.1) is 0 Å². The zero-order chi connectivity index (χ0) is 17.8. The van der Waals surface area contributed by atoms with E-state index in [9.17, 15) is 4.79 Å². The van der Waals surface area contributed by atoms with Crippen LogP contribution in [0.5, 0.6) is 0 Å². The molecule has 0 atom stereocenters. The zero-order valence-corrected chi connectivity index (χ0v) is 15.1. The molecule has 0 saturated heterocycles. The minimum Gasteiger partial charge on any atom is -0.468 e. The first-order valence-electron chi connectivity index (χ1n) is 8.67. The number of furan rings is 1. The molecule has 26 heavy (non-hydrogen) atoms. The lowest BCUT2D eigenvalue weighted by atomic mass is 10.0. The van der Waals surface area contributed by atoms with Gasteiger partial charge in [0.05, 0.1) is 18.6 Å². The fourth-order valence-corrected chi connectivity index (χ4v) is 4.02. The van der Waals surface area contributed by atoms with Crippen LogP contribution in [0.1, 0.15) is 11.3 Å². The summed E-state index contributed by atoms with van der Waals surface area (Å²) in [7, 11) is 0. The maximum absolute atomic E-state index is 11.9. The summed E-state index contributed by atoms with van der Waals surface area (Å²) in [5.74, 6) is 2.93. The molecule has 0 spiro atoms. The number of benzene rings is 2. The van der Waals surface area contributed by atoms with E-state index in [-0.39, 0.29) is 5.63 Å². The van der Waals surface area contributed by atoms with Gasteiger partial charge >= 0.3 is 5.63 Å². The molecule has 4 nitrogen and oxygen atoms in total. The molecule has 0 aliphatic rings. The van der Waals surface area contributed by atoms with E-state index < -0.39 is 0 Å². The Morgan fingerprint density at radius 3 is 2.85 bits per heavy atom. The summed E-state index contributed by atoms with van der Waals surface area (Å²) in [5.41, 5.74) is 1.40. The standard InChI is InChI=1S/C21H19NO3S/c23-20-12-16(13-22-9-11-26-14-17-5-3-10-24-17)21-18-6-2-1-4-15(18)7-8-19(21)25-20/h1-8,10,12,22H,9,11,13-14H2/p+1. The largest absolute Gasteiger partial charge is 0.468 e. The van der Waals surface area contributed by atoms with Gasteiger partial charge in [0.1, 0.15) is 17.9 Å². The van der Waals surface area contributed by atoms with Gasteiger partial charge < -0.3 is 14.2 Å². The van der Waals surface area contributed by atoms with Crippen molar-refractivity contribution in [2.45, 2.75) is 12.3 Å². The Morgan fingerprint density at radius 1 is 1.04 bits per heavy atom. The topological polar surface area (TPSA) is 60.0 Å². The molecule has 0 bridgehead atoms. The molecule has 4 rings (SSSR count). The Bertz CT molecular complexity index is 1070. The van der Waals surface area contributed by atoms with Crippen molar-refractivity contribution in [2.75, 3.05) is 12.3 Å². The Labute approximate surface area is 155 Å². The highest BCUT2D eigenvalue weighted by atomic mass is 32.2. The van der Waals surface area contributed by atoms with Gasteiger partial charge in [-0.05, 0) is 29.0 Å². The molecule has 0 fully saturated rings. The van der Waals surface area contributed by atoms with Gasteiger partial charge in [0.15, 0.2) is 0 Å². The first-order valence-corrected chi connectivity index (χ1v) is 9.83. The lowest BCUT2D eigenvalue weighted by Crippen LogP contribution is -2.83. The van der Waals surface area contributed by atoms with E-state index in [2.05, 4.69) is 17.4 Å². The summed E-state index contributed by atoms with van der Waals surface area (Å²) >= 11 is 1.85. The normalized spacial score (nSPS) is 11.4. The molecular weight excluding hydrogens is 346 g/mol. The molecule has 2 N–H and O–H groups in total. The lowest BCUT2D eigenvalue weighted by Gasteiger charge is -2.08. The van der Waals surface area contributed by atoms with Crippen LogP contribution in [0.2, 0.25) is 0 Å². The van der Waals surface area contributed by atoms with Crippen LogP contribution >= 0.6 is 11.8 Å². The molecule has 0 saturated carbocycles. The third-order valence-electron chi connectivity index (χ3n) is 4.37. The second-order valence-electron chi connectivity index (χ2n) is 6.16. The van der Waals surface area contributed by atoms with Crippen LogP contribution in [0.15, 0.2) is 74.5 Å². The Hall–Kier alpha value is -2.50. The minimum absolute atomic E-state index is 0.289. The summed E-state index contributed by atoms with van der Waals surface area (Å²) in [6.45, 7) is 1.75. The van der Waals surface area contributed by atoms with E-state index in [4.69, 9.17) is 8.83 Å². The van der Waals surface area contributed by atoms with Crippen LogP contribution < -0.4 is 10.9 Å². The first-order chi connectivity index (χ1) is 12.8. The molecule has 4 aromatic rings. The Kier molecular flexibility index (Phi) is 5.09. The van der Waals surface area contributed by atoms with E-state index >= 15 is 0 Å². The van der Waals surface area contributed by atoms with Gasteiger partial charge in [-0.3, -0.25) is 0 Å². The number of nitrogens with two attached hydrogens (primary N) is 1. The molecule has 5 heteroatoms. The zero-order valence-electron chi connectivity index (χ0n) is 14.3. The average Bonchev–Trinajstić information content (AvgIpc) is 3.17. The van der Waals surface area contributed by atoms with E-state index in [0.29, 0.717) is 5.58 Å². The van der Waals surface area contributed by atoms with Crippen LogP contribution in [0.4, 0.5) is 0 Å². The summed E-state index contributed by atoms with van der Waals surface area (Å²) in [5, 5.41) is 5.57. The first kappa shape index (κ1) is 16.9. The number of fused-ring (bicyclic) bond motifs is 3. The van der Waals surface area contributed by atoms with Crippen molar-refractivity contribution in [1.29, 1.82) is 0 Å². The monoisotopic (exact) mass is 366 g/mol. The SMILES string of the molecule is O=c1cc(C[NH2+]CCSCc2ccco2)c2c(ccc3ccccc32)o1. The van der Waals surface area contributed by atoms with Gasteiger partial charge in [0.2, 0.25) is 0 Å². The fraction of sp³-hybridized carbons (Fsp3) is 0.190. The van der Waals surface area contributed by atoms with Gasteiger partial charge in [-0.25, -0.2) is 4.79 Å². The number of rotatable bonds is 7. The van der Waals surface area contributed by atoms with Crippen molar-refractivity contribution in [2.24, 2.45) is 0 Å². The van der Waals surface area contributed by atoms with Crippen LogP contribution in [-0.2, 0) is 12.3 Å². The van der Waals surface area contributed by atoms with Gasteiger partial charge in [0, 0.05) is 22.8 Å². The van der Waals surface area contributed by atoms with Gasteiger partial charge in [0.25, 0.3) is 0 Å². The fourth-order valence-electron chi connectivity index (χ4n) is 3.17. The third-order valence-corrected chi connectivity index (χ3v) is 5.38.